The Bertz CT molecular complexity index is 1580. The zero-order valence-electron chi connectivity index (χ0n) is 18.1. The third kappa shape index (κ3) is 4.33. The number of amides is 2. The minimum absolute atomic E-state index is 0.0865. The molecule has 0 saturated heterocycles. The summed E-state index contributed by atoms with van der Waals surface area (Å²) in [5, 5.41) is 32.8. The Morgan fingerprint density at radius 3 is 2.08 bits per heavy atom. The molecule has 12 heteroatoms. The van der Waals surface area contributed by atoms with Crippen molar-refractivity contribution in [2.24, 2.45) is 0 Å². The number of carboxylic acid groups (broad SMARTS) is 1. The number of nitrogens with zero attached hydrogens (tertiary/aromatic N) is 4. The number of pyridine rings is 1. The van der Waals surface area contributed by atoms with Crippen LogP contribution in [0.2, 0.25) is 0 Å². The third-order valence-corrected chi connectivity index (χ3v) is 5.25. The molecule has 0 unspecified atom stereocenters. The summed E-state index contributed by atoms with van der Waals surface area (Å²) < 4.78 is 0. The number of carbonyl (C=O) groups is 3. The second-order valence-corrected chi connectivity index (χ2v) is 7.40. The molecule has 4 aromatic rings. The lowest BCUT2D eigenvalue weighted by atomic mass is 10.0. The predicted molar refractivity (Wildman–Crippen MR) is 126 cm³/mol. The van der Waals surface area contributed by atoms with Gasteiger partial charge in [0, 0.05) is 11.5 Å². The number of rotatable bonds is 6. The minimum Gasteiger partial charge on any atom is -0.478 e. The van der Waals surface area contributed by atoms with Crippen molar-refractivity contribution in [3.05, 3.63) is 116 Å². The van der Waals surface area contributed by atoms with Crippen molar-refractivity contribution in [3.8, 4) is 0 Å². The number of nitro benzene ring substituents is 2. The van der Waals surface area contributed by atoms with Crippen molar-refractivity contribution in [1.29, 1.82) is 0 Å². The average Bonchev–Trinajstić information content (AvgIpc) is 2.88. The van der Waals surface area contributed by atoms with Crippen LogP contribution in [0, 0.1) is 20.2 Å². The van der Waals surface area contributed by atoms with E-state index < -0.39 is 50.1 Å². The Kier molecular flexibility index (Phi) is 6.16. The van der Waals surface area contributed by atoms with Crippen LogP contribution in [0.3, 0.4) is 0 Å². The summed E-state index contributed by atoms with van der Waals surface area (Å²) in [7, 11) is 0. The van der Waals surface area contributed by atoms with Gasteiger partial charge in [0.25, 0.3) is 23.2 Å². The van der Waals surface area contributed by atoms with E-state index in [9.17, 15) is 39.7 Å². The number of carboxylic acids is 1. The molecular weight excluding hydrogens is 472 g/mol. The number of imide groups is 1. The highest BCUT2D eigenvalue weighted by Gasteiger charge is 2.34. The van der Waals surface area contributed by atoms with Gasteiger partial charge in [0.05, 0.1) is 44.4 Å². The van der Waals surface area contributed by atoms with Gasteiger partial charge < -0.3 is 5.11 Å². The number of benzene rings is 3. The summed E-state index contributed by atoms with van der Waals surface area (Å²) in [4.78, 5) is 64.7. The zero-order chi connectivity index (χ0) is 26.0. The van der Waals surface area contributed by atoms with Crippen LogP contribution in [0.1, 0.15) is 31.1 Å². The van der Waals surface area contributed by atoms with Crippen molar-refractivity contribution in [1.82, 2.24) is 4.98 Å². The molecule has 0 aliphatic rings. The summed E-state index contributed by atoms with van der Waals surface area (Å²) in [5.41, 5.74) is -2.43. The first kappa shape index (κ1) is 23.6. The Labute approximate surface area is 201 Å². The third-order valence-electron chi connectivity index (χ3n) is 5.25. The number of nitro groups is 2. The molecule has 12 nitrogen and oxygen atoms in total. The SMILES string of the molecule is O=C(O)c1ccccc1C(=O)N(C(=O)c1ccc([N+](=O)[O-])cc1[N+](=O)[O-])c1cnc2ccccc2c1. The monoisotopic (exact) mass is 486 g/mol. The van der Waals surface area contributed by atoms with Gasteiger partial charge in [0.15, 0.2) is 0 Å². The van der Waals surface area contributed by atoms with Crippen LogP contribution in [0.25, 0.3) is 10.9 Å². The molecule has 1 heterocycles. The van der Waals surface area contributed by atoms with Gasteiger partial charge >= 0.3 is 5.97 Å². The van der Waals surface area contributed by atoms with E-state index in [1.807, 2.05) is 0 Å². The number of anilines is 1. The molecule has 0 atom stereocenters. The van der Waals surface area contributed by atoms with Gasteiger partial charge in [-0.3, -0.25) is 34.8 Å². The first-order valence-corrected chi connectivity index (χ1v) is 10.2. The van der Waals surface area contributed by atoms with E-state index in [1.54, 1.807) is 24.3 Å². The maximum atomic E-state index is 13.6. The number of aromatic carboxylic acids is 1. The fourth-order valence-electron chi connectivity index (χ4n) is 3.57. The molecular formula is C24H14N4O8. The summed E-state index contributed by atoms with van der Waals surface area (Å²) in [6.45, 7) is 0. The zero-order valence-corrected chi connectivity index (χ0v) is 18.1. The highest BCUT2D eigenvalue weighted by molar-refractivity contribution is 6.28. The summed E-state index contributed by atoms with van der Waals surface area (Å²) >= 11 is 0. The lowest BCUT2D eigenvalue weighted by molar-refractivity contribution is -0.394. The molecule has 36 heavy (non-hydrogen) atoms. The van der Waals surface area contributed by atoms with Crippen LogP contribution < -0.4 is 4.90 Å². The molecule has 0 aliphatic carbocycles. The maximum Gasteiger partial charge on any atom is 0.336 e. The molecule has 2 amide bonds. The van der Waals surface area contributed by atoms with E-state index in [1.165, 1.54) is 36.5 Å². The normalized spacial score (nSPS) is 10.6. The fourth-order valence-corrected chi connectivity index (χ4v) is 3.57. The largest absolute Gasteiger partial charge is 0.478 e. The van der Waals surface area contributed by atoms with Gasteiger partial charge in [0.2, 0.25) is 0 Å². The number of carbonyl (C=O) groups excluding carboxylic acids is 2. The fraction of sp³-hybridized carbons (Fsp3) is 0. The van der Waals surface area contributed by atoms with Gasteiger partial charge in [-0.2, -0.15) is 0 Å². The Hall–Kier alpha value is -5.52. The minimum atomic E-state index is -1.43. The molecule has 0 saturated carbocycles. The number of hydrogen-bond acceptors (Lipinski definition) is 8. The van der Waals surface area contributed by atoms with Crippen molar-refractivity contribution in [2.45, 2.75) is 0 Å². The van der Waals surface area contributed by atoms with E-state index in [0.717, 1.165) is 12.1 Å². The van der Waals surface area contributed by atoms with Gasteiger partial charge in [-0.05, 0) is 30.3 Å². The lowest BCUT2D eigenvalue weighted by Gasteiger charge is -2.22. The highest BCUT2D eigenvalue weighted by Crippen LogP contribution is 2.30. The summed E-state index contributed by atoms with van der Waals surface area (Å²) in [6.07, 6.45) is 1.19. The molecule has 0 radical (unpaired) electrons. The summed E-state index contributed by atoms with van der Waals surface area (Å²) in [5.74, 6) is -3.70. The van der Waals surface area contributed by atoms with Crippen LogP contribution in [0.4, 0.5) is 17.1 Å². The maximum absolute atomic E-state index is 13.6. The number of hydrogen-bond donors (Lipinski definition) is 1. The Morgan fingerprint density at radius 1 is 0.778 bits per heavy atom. The smallest absolute Gasteiger partial charge is 0.336 e. The van der Waals surface area contributed by atoms with Crippen LogP contribution in [-0.4, -0.2) is 37.7 Å². The van der Waals surface area contributed by atoms with E-state index in [2.05, 4.69) is 4.98 Å². The van der Waals surface area contributed by atoms with Crippen LogP contribution >= 0.6 is 0 Å². The second kappa shape index (κ2) is 9.38. The van der Waals surface area contributed by atoms with Gasteiger partial charge in [-0.1, -0.05) is 30.3 Å². The molecule has 0 aliphatic heterocycles. The lowest BCUT2D eigenvalue weighted by Crippen LogP contribution is -2.38. The Balaban J connectivity index is 1.94. The second-order valence-electron chi connectivity index (χ2n) is 7.40. The quantitative estimate of drug-likeness (QED) is 0.237. The molecule has 0 bridgehead atoms. The van der Waals surface area contributed by atoms with Crippen LogP contribution in [-0.2, 0) is 0 Å². The molecule has 4 rings (SSSR count). The number of fused-ring (bicyclic) bond motifs is 1. The standard InChI is InChI=1S/C24H14N4O8/c29-22(17-6-2-3-7-18(17)24(31)32)26(16-11-14-5-1-4-8-20(14)25-13-16)23(30)19-10-9-15(27(33)34)12-21(19)28(35)36/h1-13H,(H,31,32). The topological polar surface area (TPSA) is 174 Å². The van der Waals surface area contributed by atoms with E-state index in [0.29, 0.717) is 21.9 Å². The number of aromatic nitrogens is 1. The van der Waals surface area contributed by atoms with E-state index in [4.69, 9.17) is 0 Å². The molecule has 0 fully saturated rings. The van der Waals surface area contributed by atoms with Crippen LogP contribution in [0.5, 0.6) is 0 Å². The number of para-hydroxylation sites is 1. The van der Waals surface area contributed by atoms with Gasteiger partial charge in [-0.15, -0.1) is 0 Å². The van der Waals surface area contributed by atoms with Crippen molar-refractivity contribution in [2.75, 3.05) is 4.90 Å². The first-order chi connectivity index (χ1) is 17.2. The van der Waals surface area contributed by atoms with Gasteiger partial charge in [-0.25, -0.2) is 9.69 Å². The first-order valence-electron chi connectivity index (χ1n) is 10.2. The molecule has 1 aromatic heterocycles. The predicted octanol–water partition coefficient (Wildman–Crippen LogP) is 4.24. The van der Waals surface area contributed by atoms with E-state index in [-0.39, 0.29) is 11.3 Å². The van der Waals surface area contributed by atoms with Gasteiger partial charge in [0.1, 0.15) is 5.56 Å². The van der Waals surface area contributed by atoms with Crippen LogP contribution in [0.15, 0.2) is 79.0 Å². The van der Waals surface area contributed by atoms with Crippen molar-refractivity contribution in [3.63, 3.8) is 0 Å². The molecule has 1 N–H and O–H groups in total. The van der Waals surface area contributed by atoms with Crippen molar-refractivity contribution >= 4 is 45.7 Å². The molecule has 178 valence electrons. The molecule has 3 aromatic carbocycles. The number of non-ortho nitro benzene ring substituents is 1. The highest BCUT2D eigenvalue weighted by atomic mass is 16.6. The molecule has 0 spiro atoms. The Morgan fingerprint density at radius 2 is 1.42 bits per heavy atom. The summed E-state index contributed by atoms with van der Waals surface area (Å²) in [6, 6.07) is 15.8. The van der Waals surface area contributed by atoms with E-state index >= 15 is 0 Å². The average molecular weight is 486 g/mol. The van der Waals surface area contributed by atoms with Crippen molar-refractivity contribution < 1.29 is 29.3 Å².